The average molecular weight is 307 g/mol. The summed E-state index contributed by atoms with van der Waals surface area (Å²) in [4.78, 5) is 8.26. The van der Waals surface area contributed by atoms with Crippen molar-refractivity contribution < 1.29 is 8.42 Å². The number of aromatic amines is 1. The van der Waals surface area contributed by atoms with Crippen molar-refractivity contribution >= 4 is 15.7 Å². The molecule has 0 unspecified atom stereocenters. The van der Waals surface area contributed by atoms with E-state index in [2.05, 4.69) is 25.5 Å². The normalized spacial score (nSPS) is 14.2. The number of rotatable bonds is 4. The lowest BCUT2D eigenvalue weighted by molar-refractivity contribution is 0.601. The Morgan fingerprint density at radius 1 is 1.38 bits per heavy atom. The van der Waals surface area contributed by atoms with Crippen molar-refractivity contribution in [1.29, 1.82) is 0 Å². The van der Waals surface area contributed by atoms with Gasteiger partial charge in [0.05, 0.1) is 18.4 Å². The Morgan fingerprint density at radius 2 is 2.19 bits per heavy atom. The Balaban J connectivity index is 1.86. The molecule has 0 aromatic carbocycles. The Bertz CT molecular complexity index is 782. The first kappa shape index (κ1) is 14.0. The van der Waals surface area contributed by atoms with Gasteiger partial charge in [0.25, 0.3) is 0 Å². The van der Waals surface area contributed by atoms with Gasteiger partial charge in [-0.1, -0.05) is 0 Å². The van der Waals surface area contributed by atoms with Crippen molar-refractivity contribution in [1.82, 2.24) is 20.2 Å². The molecule has 0 bridgehead atoms. The monoisotopic (exact) mass is 307 g/mol. The third-order valence-electron chi connectivity index (χ3n) is 3.59. The van der Waals surface area contributed by atoms with Crippen LogP contribution in [0.4, 0.5) is 5.82 Å². The molecule has 1 aliphatic rings. The summed E-state index contributed by atoms with van der Waals surface area (Å²) in [6, 6.07) is 0. The first-order valence-electron chi connectivity index (χ1n) is 6.77. The summed E-state index contributed by atoms with van der Waals surface area (Å²) in [5.41, 5.74) is 3.36. The molecule has 7 nitrogen and oxygen atoms in total. The maximum absolute atomic E-state index is 11.8. The second-order valence-corrected chi connectivity index (χ2v) is 7.22. The summed E-state index contributed by atoms with van der Waals surface area (Å²) < 4.78 is 23.5. The molecule has 0 aliphatic heterocycles. The molecule has 2 aromatic rings. The molecule has 0 atom stereocenters. The topological polar surface area (TPSA) is 101 Å². The summed E-state index contributed by atoms with van der Waals surface area (Å²) >= 11 is 0. The first-order chi connectivity index (χ1) is 9.95. The number of sulfone groups is 1. The van der Waals surface area contributed by atoms with E-state index in [1.54, 1.807) is 6.92 Å². The minimum Gasteiger partial charge on any atom is -0.363 e. The van der Waals surface area contributed by atoms with E-state index in [1.165, 1.54) is 17.5 Å². The van der Waals surface area contributed by atoms with Gasteiger partial charge in [0.15, 0.2) is 9.84 Å². The van der Waals surface area contributed by atoms with E-state index < -0.39 is 9.84 Å². The smallest absolute Gasteiger partial charge is 0.180 e. The highest BCUT2D eigenvalue weighted by Gasteiger charge is 2.20. The van der Waals surface area contributed by atoms with E-state index in [-0.39, 0.29) is 4.90 Å². The highest BCUT2D eigenvalue weighted by Crippen LogP contribution is 2.24. The van der Waals surface area contributed by atoms with Crippen LogP contribution in [0.5, 0.6) is 0 Å². The molecule has 0 spiro atoms. The number of aryl methyl sites for hydroxylation is 2. The van der Waals surface area contributed by atoms with Crippen LogP contribution in [0.2, 0.25) is 0 Å². The fourth-order valence-electron chi connectivity index (χ4n) is 2.56. The van der Waals surface area contributed by atoms with Gasteiger partial charge in [-0.05, 0) is 31.7 Å². The quantitative estimate of drug-likeness (QED) is 0.874. The molecule has 0 amide bonds. The molecular weight excluding hydrogens is 290 g/mol. The van der Waals surface area contributed by atoms with Crippen molar-refractivity contribution in [3.8, 4) is 0 Å². The number of hydrogen-bond donors (Lipinski definition) is 2. The van der Waals surface area contributed by atoms with Crippen LogP contribution < -0.4 is 5.32 Å². The molecule has 2 N–H and O–H groups in total. The summed E-state index contributed by atoms with van der Waals surface area (Å²) in [6.07, 6.45) is 5.68. The number of anilines is 1. The van der Waals surface area contributed by atoms with E-state index in [4.69, 9.17) is 0 Å². The largest absolute Gasteiger partial charge is 0.363 e. The number of nitrogens with zero attached hydrogens (tertiary/aromatic N) is 3. The molecule has 0 saturated carbocycles. The van der Waals surface area contributed by atoms with Crippen molar-refractivity contribution in [2.24, 2.45) is 0 Å². The lowest BCUT2D eigenvalue weighted by Crippen LogP contribution is -2.11. The van der Waals surface area contributed by atoms with Crippen LogP contribution in [-0.4, -0.2) is 34.8 Å². The molecule has 2 heterocycles. The average Bonchev–Trinajstić information content (AvgIpc) is 2.98. The molecule has 8 heteroatoms. The highest BCUT2D eigenvalue weighted by molar-refractivity contribution is 7.90. The zero-order valence-corrected chi connectivity index (χ0v) is 12.8. The van der Waals surface area contributed by atoms with Crippen molar-refractivity contribution in [3.63, 3.8) is 0 Å². The standard InChI is InChI=1S/C13H17N5O2S/c1-8-14-7-12(21(2,19)20)13(16-8)15-6-11-9-4-3-5-10(9)17-18-11/h7H,3-6H2,1-2H3,(H,17,18)(H,14,15,16). The number of fused-ring (bicyclic) bond motifs is 1. The number of nitrogens with one attached hydrogen (secondary N) is 2. The van der Waals surface area contributed by atoms with E-state index in [9.17, 15) is 8.42 Å². The van der Waals surface area contributed by atoms with E-state index in [0.29, 0.717) is 18.2 Å². The van der Waals surface area contributed by atoms with E-state index in [1.807, 2.05) is 0 Å². The van der Waals surface area contributed by atoms with Gasteiger partial charge < -0.3 is 5.32 Å². The Hall–Kier alpha value is -1.96. The molecule has 0 fully saturated rings. The third kappa shape index (κ3) is 2.76. The highest BCUT2D eigenvalue weighted by atomic mass is 32.2. The molecular formula is C13H17N5O2S. The van der Waals surface area contributed by atoms with Gasteiger partial charge in [0.2, 0.25) is 0 Å². The molecule has 21 heavy (non-hydrogen) atoms. The molecule has 112 valence electrons. The van der Waals surface area contributed by atoms with E-state index >= 15 is 0 Å². The number of H-pyrrole nitrogens is 1. The Morgan fingerprint density at radius 3 is 2.95 bits per heavy atom. The van der Waals surface area contributed by atoms with Crippen molar-refractivity contribution in [3.05, 3.63) is 29.0 Å². The van der Waals surface area contributed by atoms with Gasteiger partial charge in [-0.15, -0.1) is 0 Å². The van der Waals surface area contributed by atoms with Crippen molar-refractivity contribution in [2.45, 2.75) is 37.6 Å². The van der Waals surface area contributed by atoms with Gasteiger partial charge in [0.1, 0.15) is 16.5 Å². The zero-order valence-electron chi connectivity index (χ0n) is 12.0. The molecule has 1 aliphatic carbocycles. The SMILES string of the molecule is Cc1ncc(S(C)(=O)=O)c(NCc2n[nH]c3c2CCC3)n1. The fraction of sp³-hybridized carbons (Fsp3) is 0.462. The molecule has 3 rings (SSSR count). The van der Waals surface area contributed by atoms with E-state index in [0.717, 1.165) is 31.2 Å². The van der Waals surface area contributed by atoms with Gasteiger partial charge in [-0.2, -0.15) is 5.10 Å². The lowest BCUT2D eigenvalue weighted by Gasteiger charge is -2.09. The van der Waals surface area contributed by atoms with Crippen LogP contribution in [0.1, 0.15) is 29.2 Å². The maximum atomic E-state index is 11.8. The second kappa shape index (κ2) is 5.10. The van der Waals surface area contributed by atoms with Crippen LogP contribution in [0, 0.1) is 6.92 Å². The minimum atomic E-state index is -3.37. The Kier molecular flexibility index (Phi) is 3.40. The van der Waals surface area contributed by atoms with Crippen molar-refractivity contribution in [2.75, 3.05) is 11.6 Å². The summed E-state index contributed by atoms with van der Waals surface area (Å²) in [5.74, 6) is 0.858. The van der Waals surface area contributed by atoms with Gasteiger partial charge in [-0.3, -0.25) is 5.10 Å². The minimum absolute atomic E-state index is 0.111. The number of aromatic nitrogens is 4. The number of hydrogen-bond acceptors (Lipinski definition) is 6. The third-order valence-corrected chi connectivity index (χ3v) is 4.69. The molecule has 2 aromatic heterocycles. The predicted octanol–water partition coefficient (Wildman–Crippen LogP) is 1.01. The van der Waals surface area contributed by atoms with Gasteiger partial charge >= 0.3 is 0 Å². The summed E-state index contributed by atoms with van der Waals surface area (Å²) in [6.45, 7) is 2.17. The van der Waals surface area contributed by atoms with Crippen LogP contribution in [0.3, 0.4) is 0 Å². The van der Waals surface area contributed by atoms with Gasteiger partial charge in [-0.25, -0.2) is 18.4 Å². The maximum Gasteiger partial charge on any atom is 0.180 e. The lowest BCUT2D eigenvalue weighted by atomic mass is 10.2. The van der Waals surface area contributed by atoms with Crippen LogP contribution >= 0.6 is 0 Å². The van der Waals surface area contributed by atoms with Crippen LogP contribution in [0.25, 0.3) is 0 Å². The molecule has 0 radical (unpaired) electrons. The second-order valence-electron chi connectivity index (χ2n) is 5.24. The van der Waals surface area contributed by atoms with Crippen LogP contribution in [0.15, 0.2) is 11.1 Å². The summed E-state index contributed by atoms with van der Waals surface area (Å²) in [7, 11) is -3.37. The molecule has 0 saturated heterocycles. The zero-order chi connectivity index (χ0) is 15.0. The van der Waals surface area contributed by atoms with Crippen LogP contribution in [-0.2, 0) is 29.2 Å². The Labute approximate surface area is 123 Å². The van der Waals surface area contributed by atoms with Gasteiger partial charge in [0, 0.05) is 11.9 Å². The summed E-state index contributed by atoms with van der Waals surface area (Å²) in [5, 5.41) is 10.4. The first-order valence-corrected chi connectivity index (χ1v) is 8.67. The predicted molar refractivity (Wildman–Crippen MR) is 77.8 cm³/mol. The fourth-order valence-corrected chi connectivity index (χ4v) is 3.27.